The first-order chi connectivity index (χ1) is 12.7. The lowest BCUT2D eigenvalue weighted by Crippen LogP contribution is -2.31. The fraction of sp³-hybridized carbons (Fsp3) is 0.474. The van der Waals surface area contributed by atoms with Gasteiger partial charge in [-0.05, 0) is 31.0 Å². The van der Waals surface area contributed by atoms with E-state index in [4.69, 9.17) is 14.5 Å². The van der Waals surface area contributed by atoms with Crippen molar-refractivity contribution in [2.24, 2.45) is 10.9 Å². The third-order valence-corrected chi connectivity index (χ3v) is 3.97. The molecule has 2 aromatic rings. The molecule has 0 fully saturated rings. The van der Waals surface area contributed by atoms with Gasteiger partial charge < -0.3 is 20.1 Å². The summed E-state index contributed by atoms with van der Waals surface area (Å²) >= 11 is 0. The summed E-state index contributed by atoms with van der Waals surface area (Å²) in [5.74, 6) is 2.71. The first-order valence-electron chi connectivity index (χ1n) is 9.17. The molecule has 7 nitrogen and oxygen atoms in total. The Kier molecular flexibility index (Phi) is 6.35. The molecule has 1 aliphatic heterocycles. The van der Waals surface area contributed by atoms with Gasteiger partial charge in [-0.1, -0.05) is 6.92 Å². The van der Waals surface area contributed by atoms with Gasteiger partial charge in [0.15, 0.2) is 17.5 Å². The molecule has 2 heterocycles. The van der Waals surface area contributed by atoms with E-state index in [1.54, 1.807) is 6.20 Å². The van der Waals surface area contributed by atoms with Crippen molar-refractivity contribution >= 4 is 11.6 Å². The highest BCUT2D eigenvalue weighted by atomic mass is 16.5. The molecule has 3 rings (SSSR count). The minimum absolute atomic E-state index is 0.383. The second-order valence-corrected chi connectivity index (χ2v) is 6.39. The number of anilines is 1. The SMILES string of the molecule is CCNC(=NCC(C)Cn1cccn1)Nc1ccc2c(c1)OCCCO2. The topological polar surface area (TPSA) is 72.7 Å². The predicted octanol–water partition coefficient (Wildman–Crippen LogP) is 2.76. The first-order valence-corrected chi connectivity index (χ1v) is 9.17. The van der Waals surface area contributed by atoms with Gasteiger partial charge >= 0.3 is 0 Å². The van der Waals surface area contributed by atoms with Gasteiger partial charge in [0.2, 0.25) is 0 Å². The minimum Gasteiger partial charge on any atom is -0.490 e. The molecule has 0 aliphatic carbocycles. The molecule has 0 amide bonds. The highest BCUT2D eigenvalue weighted by Gasteiger charge is 2.11. The van der Waals surface area contributed by atoms with Gasteiger partial charge in [-0.15, -0.1) is 0 Å². The number of hydrogen-bond acceptors (Lipinski definition) is 4. The maximum Gasteiger partial charge on any atom is 0.195 e. The Labute approximate surface area is 154 Å². The van der Waals surface area contributed by atoms with Crippen LogP contribution in [0.2, 0.25) is 0 Å². The van der Waals surface area contributed by atoms with Gasteiger partial charge in [-0.2, -0.15) is 5.10 Å². The Morgan fingerprint density at radius 3 is 2.92 bits per heavy atom. The molecule has 0 saturated heterocycles. The van der Waals surface area contributed by atoms with E-state index < -0.39 is 0 Å². The summed E-state index contributed by atoms with van der Waals surface area (Å²) < 4.78 is 13.4. The largest absolute Gasteiger partial charge is 0.490 e. The fourth-order valence-electron chi connectivity index (χ4n) is 2.72. The van der Waals surface area contributed by atoms with Crippen molar-refractivity contribution in [3.63, 3.8) is 0 Å². The molecule has 0 bridgehead atoms. The van der Waals surface area contributed by atoms with E-state index in [1.807, 2.05) is 35.1 Å². The van der Waals surface area contributed by atoms with Crippen molar-refractivity contribution in [2.75, 3.05) is 31.6 Å². The number of hydrogen-bond donors (Lipinski definition) is 2. The Hall–Kier alpha value is -2.70. The van der Waals surface area contributed by atoms with Crippen LogP contribution in [0.5, 0.6) is 11.5 Å². The van der Waals surface area contributed by atoms with Crippen molar-refractivity contribution in [3.8, 4) is 11.5 Å². The highest BCUT2D eigenvalue weighted by Crippen LogP contribution is 2.32. The maximum absolute atomic E-state index is 5.75. The van der Waals surface area contributed by atoms with Crippen LogP contribution in [0.4, 0.5) is 5.69 Å². The van der Waals surface area contributed by atoms with Crippen LogP contribution >= 0.6 is 0 Å². The normalized spacial score (nSPS) is 15.2. The molecule has 140 valence electrons. The fourth-order valence-corrected chi connectivity index (χ4v) is 2.72. The summed E-state index contributed by atoms with van der Waals surface area (Å²) in [7, 11) is 0. The molecule has 0 saturated carbocycles. The number of benzene rings is 1. The third kappa shape index (κ3) is 5.15. The van der Waals surface area contributed by atoms with Gasteiger partial charge in [0.25, 0.3) is 0 Å². The molecule has 1 aromatic carbocycles. The second-order valence-electron chi connectivity index (χ2n) is 6.39. The number of rotatable bonds is 6. The van der Waals surface area contributed by atoms with Crippen LogP contribution in [0, 0.1) is 5.92 Å². The summed E-state index contributed by atoms with van der Waals surface area (Å²) in [6.45, 7) is 7.94. The van der Waals surface area contributed by atoms with Gasteiger partial charge in [0.05, 0.1) is 13.2 Å². The van der Waals surface area contributed by atoms with Crippen LogP contribution < -0.4 is 20.1 Å². The molecule has 0 radical (unpaired) electrons. The average Bonchev–Trinajstić information content (AvgIpc) is 3.03. The van der Waals surface area contributed by atoms with Gasteiger partial charge in [0, 0.05) is 50.2 Å². The number of fused-ring (bicyclic) bond motifs is 1. The molecule has 1 unspecified atom stereocenters. The van der Waals surface area contributed by atoms with E-state index in [1.165, 1.54) is 0 Å². The number of aliphatic imine (C=N–C) groups is 1. The van der Waals surface area contributed by atoms with Crippen LogP contribution in [0.25, 0.3) is 0 Å². The lowest BCUT2D eigenvalue weighted by atomic mass is 10.2. The quantitative estimate of drug-likeness (QED) is 0.614. The van der Waals surface area contributed by atoms with E-state index in [0.717, 1.165) is 42.7 Å². The Morgan fingerprint density at radius 2 is 2.15 bits per heavy atom. The van der Waals surface area contributed by atoms with E-state index >= 15 is 0 Å². The molecule has 1 aromatic heterocycles. The number of guanidine groups is 1. The molecule has 26 heavy (non-hydrogen) atoms. The maximum atomic E-state index is 5.75. The molecule has 2 N–H and O–H groups in total. The number of nitrogens with one attached hydrogen (secondary N) is 2. The van der Waals surface area contributed by atoms with Gasteiger partial charge in [-0.3, -0.25) is 9.67 Å². The first kappa shape index (κ1) is 18.1. The average molecular weight is 357 g/mol. The zero-order valence-corrected chi connectivity index (χ0v) is 15.4. The summed E-state index contributed by atoms with van der Waals surface area (Å²) in [5, 5.41) is 10.9. The van der Waals surface area contributed by atoms with Crippen molar-refractivity contribution in [1.82, 2.24) is 15.1 Å². The van der Waals surface area contributed by atoms with E-state index in [2.05, 4.69) is 29.6 Å². The van der Waals surface area contributed by atoms with Gasteiger partial charge in [0.1, 0.15) is 0 Å². The molecule has 1 atom stereocenters. The number of aromatic nitrogens is 2. The number of ether oxygens (including phenoxy) is 2. The van der Waals surface area contributed by atoms with Crippen LogP contribution in [-0.2, 0) is 6.54 Å². The Morgan fingerprint density at radius 1 is 1.31 bits per heavy atom. The zero-order chi connectivity index (χ0) is 18.2. The number of nitrogens with zero attached hydrogens (tertiary/aromatic N) is 3. The van der Waals surface area contributed by atoms with Crippen LogP contribution in [0.15, 0.2) is 41.7 Å². The molecule has 0 spiro atoms. The van der Waals surface area contributed by atoms with Crippen LogP contribution in [0.3, 0.4) is 0 Å². The zero-order valence-electron chi connectivity index (χ0n) is 15.4. The summed E-state index contributed by atoms with van der Waals surface area (Å²) in [6.07, 6.45) is 4.67. The lowest BCUT2D eigenvalue weighted by molar-refractivity contribution is 0.297. The smallest absolute Gasteiger partial charge is 0.195 e. The second kappa shape index (κ2) is 9.12. The third-order valence-electron chi connectivity index (χ3n) is 3.97. The molecular weight excluding hydrogens is 330 g/mol. The summed E-state index contributed by atoms with van der Waals surface area (Å²) in [5.41, 5.74) is 0.925. The summed E-state index contributed by atoms with van der Waals surface area (Å²) in [4.78, 5) is 4.70. The minimum atomic E-state index is 0.383. The van der Waals surface area contributed by atoms with E-state index in [0.29, 0.717) is 25.7 Å². The summed E-state index contributed by atoms with van der Waals surface area (Å²) in [6, 6.07) is 7.81. The van der Waals surface area contributed by atoms with E-state index in [9.17, 15) is 0 Å². The molecular formula is C19H27N5O2. The monoisotopic (exact) mass is 357 g/mol. The van der Waals surface area contributed by atoms with Crippen molar-refractivity contribution in [2.45, 2.75) is 26.8 Å². The Bertz CT molecular complexity index is 715. The predicted molar refractivity (Wildman–Crippen MR) is 103 cm³/mol. The van der Waals surface area contributed by atoms with Crippen molar-refractivity contribution in [1.29, 1.82) is 0 Å². The van der Waals surface area contributed by atoms with Crippen molar-refractivity contribution in [3.05, 3.63) is 36.7 Å². The van der Waals surface area contributed by atoms with Crippen LogP contribution in [-0.4, -0.2) is 42.0 Å². The van der Waals surface area contributed by atoms with Crippen LogP contribution in [0.1, 0.15) is 20.3 Å². The molecule has 7 heteroatoms. The van der Waals surface area contributed by atoms with Gasteiger partial charge in [-0.25, -0.2) is 0 Å². The van der Waals surface area contributed by atoms with Crippen molar-refractivity contribution < 1.29 is 9.47 Å². The molecule has 1 aliphatic rings. The lowest BCUT2D eigenvalue weighted by Gasteiger charge is -2.15. The highest BCUT2D eigenvalue weighted by molar-refractivity contribution is 5.93. The Balaban J connectivity index is 1.63. The standard InChI is InChI=1S/C19H27N5O2/c1-3-20-19(21-13-15(2)14-24-9-4-8-22-24)23-16-6-7-17-18(12-16)26-11-5-10-25-17/h4,6-9,12,15H,3,5,10-11,13-14H2,1-2H3,(H2,20,21,23). The van der Waals surface area contributed by atoms with E-state index in [-0.39, 0.29) is 0 Å².